The highest BCUT2D eigenvalue weighted by Crippen LogP contribution is 2.26. The van der Waals surface area contributed by atoms with Gasteiger partial charge < -0.3 is 15.0 Å². The molecule has 0 unspecified atom stereocenters. The second-order valence-electron chi connectivity index (χ2n) is 6.47. The highest BCUT2D eigenvalue weighted by atomic mass is 16.5. The summed E-state index contributed by atoms with van der Waals surface area (Å²) in [6.45, 7) is 5.98. The molecule has 1 N–H and O–H groups in total. The number of ether oxygens (including phenoxy) is 1. The van der Waals surface area contributed by atoms with Crippen LogP contribution in [0.1, 0.15) is 25.6 Å². The van der Waals surface area contributed by atoms with Gasteiger partial charge in [-0.05, 0) is 54.3 Å². The zero-order valence-corrected chi connectivity index (χ0v) is 14.9. The molecule has 1 aromatic heterocycles. The molecular weight excluding hydrogens is 320 g/mol. The van der Waals surface area contributed by atoms with Crippen molar-refractivity contribution in [3.63, 3.8) is 0 Å². The Morgan fingerprint density at radius 2 is 2.28 bits per heavy atom. The number of hydrogen-bond acceptors (Lipinski definition) is 6. The third kappa shape index (κ3) is 3.89. The van der Waals surface area contributed by atoms with Crippen LogP contribution < -0.4 is 10.1 Å². The fraction of sp³-hybridized carbons (Fsp3) is 0.529. The molecule has 1 amide bonds. The number of carbonyl (C=O) groups excluding carboxylic acids is 1. The lowest BCUT2D eigenvalue weighted by atomic mass is 10.0. The predicted molar refractivity (Wildman–Crippen MR) is 93.9 cm³/mol. The van der Waals surface area contributed by atoms with E-state index in [9.17, 15) is 4.79 Å². The van der Waals surface area contributed by atoms with Crippen molar-refractivity contribution in [1.82, 2.24) is 25.1 Å². The minimum atomic E-state index is 0.127. The number of aromatic nitrogens is 4. The van der Waals surface area contributed by atoms with Crippen LogP contribution in [0.2, 0.25) is 0 Å². The lowest BCUT2D eigenvalue weighted by molar-refractivity contribution is -0.130. The van der Waals surface area contributed by atoms with Gasteiger partial charge in [0.1, 0.15) is 11.4 Å². The average Bonchev–Trinajstić information content (AvgIpc) is 3.05. The van der Waals surface area contributed by atoms with E-state index in [-0.39, 0.29) is 12.5 Å². The molecule has 1 saturated heterocycles. The molecule has 0 spiro atoms. The molecule has 0 bridgehead atoms. The van der Waals surface area contributed by atoms with Crippen LogP contribution in [0.25, 0.3) is 5.69 Å². The Morgan fingerprint density at radius 3 is 2.96 bits per heavy atom. The summed E-state index contributed by atoms with van der Waals surface area (Å²) < 4.78 is 7.00. The van der Waals surface area contributed by atoms with Crippen molar-refractivity contribution in [2.45, 2.75) is 26.7 Å². The first kappa shape index (κ1) is 17.2. The number of hydrogen-bond donors (Lipinski definition) is 1. The summed E-state index contributed by atoms with van der Waals surface area (Å²) in [6, 6.07) is 5.61. The van der Waals surface area contributed by atoms with Gasteiger partial charge in [-0.25, -0.2) is 0 Å². The van der Waals surface area contributed by atoms with Crippen LogP contribution in [0.3, 0.4) is 0 Å². The molecule has 134 valence electrons. The van der Waals surface area contributed by atoms with Gasteiger partial charge in [0.05, 0.1) is 13.7 Å². The molecule has 8 nitrogen and oxygen atoms in total. The number of tetrazole rings is 1. The van der Waals surface area contributed by atoms with Crippen molar-refractivity contribution in [1.29, 1.82) is 0 Å². The van der Waals surface area contributed by atoms with E-state index in [2.05, 4.69) is 27.8 Å². The molecule has 25 heavy (non-hydrogen) atoms. The van der Waals surface area contributed by atoms with E-state index >= 15 is 0 Å². The molecule has 8 heteroatoms. The summed E-state index contributed by atoms with van der Waals surface area (Å²) in [4.78, 5) is 14.4. The highest BCUT2D eigenvalue weighted by Gasteiger charge is 2.20. The van der Waals surface area contributed by atoms with Crippen LogP contribution in [0.5, 0.6) is 5.75 Å². The fourth-order valence-corrected chi connectivity index (χ4v) is 3.13. The first-order valence-electron chi connectivity index (χ1n) is 8.53. The van der Waals surface area contributed by atoms with Gasteiger partial charge in [-0.15, -0.1) is 5.10 Å². The molecule has 1 aliphatic heterocycles. The summed E-state index contributed by atoms with van der Waals surface area (Å²) in [5, 5.41) is 14.8. The Bertz CT molecular complexity index is 744. The summed E-state index contributed by atoms with van der Waals surface area (Å²) in [6.07, 6.45) is 2.28. The van der Waals surface area contributed by atoms with Gasteiger partial charge in [0, 0.05) is 18.8 Å². The molecule has 0 radical (unpaired) electrons. The molecule has 2 heterocycles. The number of carbonyl (C=O) groups is 1. The molecule has 0 aliphatic carbocycles. The number of anilines is 1. The Balaban J connectivity index is 1.71. The molecule has 1 aromatic carbocycles. The van der Waals surface area contributed by atoms with Gasteiger partial charge in [-0.3, -0.25) is 4.79 Å². The van der Waals surface area contributed by atoms with Crippen LogP contribution in [0, 0.1) is 12.8 Å². The number of benzene rings is 1. The van der Waals surface area contributed by atoms with E-state index in [1.165, 1.54) is 6.42 Å². The van der Waals surface area contributed by atoms with Gasteiger partial charge in [0.25, 0.3) is 0 Å². The Morgan fingerprint density at radius 1 is 1.44 bits per heavy atom. The molecule has 0 saturated carbocycles. The SMILES string of the molecule is COc1ccc(NCC(=O)N2CCC[C@H](C)C2)cc1-n1nnnc1C. The van der Waals surface area contributed by atoms with Crippen molar-refractivity contribution in [2.24, 2.45) is 5.92 Å². The van der Waals surface area contributed by atoms with Crippen LogP contribution in [0.4, 0.5) is 5.69 Å². The zero-order valence-electron chi connectivity index (χ0n) is 14.9. The smallest absolute Gasteiger partial charge is 0.241 e. The van der Waals surface area contributed by atoms with E-state index in [1.807, 2.05) is 30.0 Å². The standard InChI is InChI=1S/C17H24N6O2/c1-12-5-4-8-22(11-12)17(24)10-18-14-6-7-16(25-3)15(9-14)23-13(2)19-20-21-23/h6-7,9,12,18H,4-5,8,10-11H2,1-3H3/t12-/m0/s1. The molecule has 2 aromatic rings. The maximum atomic E-state index is 12.4. The topological polar surface area (TPSA) is 85.2 Å². The lowest BCUT2D eigenvalue weighted by Crippen LogP contribution is -2.41. The van der Waals surface area contributed by atoms with Crippen molar-refractivity contribution in [2.75, 3.05) is 32.1 Å². The van der Waals surface area contributed by atoms with Gasteiger partial charge >= 0.3 is 0 Å². The molecular formula is C17H24N6O2. The van der Waals surface area contributed by atoms with Gasteiger partial charge in [0.15, 0.2) is 5.82 Å². The Kier molecular flexibility index (Phi) is 5.16. The van der Waals surface area contributed by atoms with Crippen molar-refractivity contribution in [3.8, 4) is 11.4 Å². The number of methoxy groups -OCH3 is 1. The number of aryl methyl sites for hydroxylation is 1. The van der Waals surface area contributed by atoms with Crippen LogP contribution in [-0.2, 0) is 4.79 Å². The second kappa shape index (κ2) is 7.50. The predicted octanol–water partition coefficient (Wildman–Crippen LogP) is 1.65. The first-order valence-corrected chi connectivity index (χ1v) is 8.53. The van der Waals surface area contributed by atoms with E-state index < -0.39 is 0 Å². The number of piperidine rings is 1. The molecule has 1 fully saturated rings. The number of rotatable bonds is 5. The van der Waals surface area contributed by atoms with Crippen molar-refractivity contribution in [3.05, 3.63) is 24.0 Å². The van der Waals surface area contributed by atoms with Crippen LogP contribution in [0.15, 0.2) is 18.2 Å². The maximum absolute atomic E-state index is 12.4. The summed E-state index contributed by atoms with van der Waals surface area (Å²) in [5.74, 6) is 2.03. The summed E-state index contributed by atoms with van der Waals surface area (Å²) >= 11 is 0. The van der Waals surface area contributed by atoms with Crippen LogP contribution >= 0.6 is 0 Å². The molecule has 1 aliphatic rings. The molecule has 1 atom stereocenters. The first-order chi connectivity index (χ1) is 12.1. The maximum Gasteiger partial charge on any atom is 0.241 e. The van der Waals surface area contributed by atoms with Gasteiger partial charge in [0.2, 0.25) is 5.91 Å². The minimum absolute atomic E-state index is 0.127. The number of nitrogens with zero attached hydrogens (tertiary/aromatic N) is 5. The quantitative estimate of drug-likeness (QED) is 0.888. The van der Waals surface area contributed by atoms with E-state index in [4.69, 9.17) is 4.74 Å². The number of amides is 1. The average molecular weight is 344 g/mol. The Hall–Kier alpha value is -2.64. The summed E-state index contributed by atoms with van der Waals surface area (Å²) in [7, 11) is 1.60. The van der Waals surface area contributed by atoms with Gasteiger partial charge in [-0.2, -0.15) is 4.68 Å². The van der Waals surface area contributed by atoms with Crippen molar-refractivity contribution < 1.29 is 9.53 Å². The fourth-order valence-electron chi connectivity index (χ4n) is 3.13. The minimum Gasteiger partial charge on any atom is -0.494 e. The second-order valence-corrected chi connectivity index (χ2v) is 6.47. The monoisotopic (exact) mass is 344 g/mol. The van der Waals surface area contributed by atoms with Gasteiger partial charge in [-0.1, -0.05) is 6.92 Å². The summed E-state index contributed by atoms with van der Waals surface area (Å²) in [5.41, 5.74) is 1.55. The third-order valence-corrected chi connectivity index (χ3v) is 4.49. The zero-order chi connectivity index (χ0) is 17.8. The Labute approximate surface area is 147 Å². The third-order valence-electron chi connectivity index (χ3n) is 4.49. The van der Waals surface area contributed by atoms with E-state index in [1.54, 1.807) is 11.8 Å². The largest absolute Gasteiger partial charge is 0.494 e. The highest BCUT2D eigenvalue weighted by molar-refractivity contribution is 5.81. The lowest BCUT2D eigenvalue weighted by Gasteiger charge is -2.31. The van der Waals surface area contributed by atoms with Crippen molar-refractivity contribution >= 4 is 11.6 Å². The molecule has 3 rings (SSSR count). The van der Waals surface area contributed by atoms with E-state index in [0.717, 1.165) is 30.9 Å². The number of likely N-dealkylation sites (tertiary alicyclic amines) is 1. The normalized spacial score (nSPS) is 17.4. The van der Waals surface area contributed by atoms with E-state index in [0.29, 0.717) is 17.5 Å². The number of nitrogens with one attached hydrogen (secondary N) is 1. The van der Waals surface area contributed by atoms with Crippen LogP contribution in [-0.4, -0.2) is 57.8 Å².